The number of unbranched alkanes of at least 4 members (excludes halogenated alkanes) is 24. The molecular formula is C40H84Cl20Si8. The third kappa shape index (κ3) is 95.8. The molecule has 0 rings (SSSR count). The predicted octanol–water partition coefficient (Wildman–Crippen LogP) is 27.7. The molecule has 28 heteroatoms. The number of rotatable bonds is 40. The van der Waals surface area contributed by atoms with Crippen LogP contribution in [-0.2, 0) is 0 Å². The standard InChI is InChI=1S/2C11H23Cl5Si2.2C9H19Cl5Si2/c2*1-17(12,13)10-8-6-4-2-3-5-7-9-11-18(14,15)16;2*1-15(10,11)8-6-4-2-3-5-7-9-16(12,13)14/h2*2-11H2,1H3;2*2-9H2,1H3. The van der Waals surface area contributed by atoms with Crippen molar-refractivity contribution < 1.29 is 0 Å². The molecule has 0 nitrogen and oxygen atoms in total. The van der Waals surface area contributed by atoms with Gasteiger partial charge in [-0.25, -0.2) is 0 Å². The molecule has 0 aliphatic heterocycles. The Balaban J connectivity index is -0.000000402. The van der Waals surface area contributed by atoms with Gasteiger partial charge in [0.05, 0.1) is 0 Å². The Hall–Kier alpha value is 7.54. The Morgan fingerprint density at radius 2 is 0.235 bits per heavy atom. The van der Waals surface area contributed by atoms with Crippen molar-refractivity contribution in [1.29, 1.82) is 0 Å². The molecule has 0 aromatic rings. The first-order chi connectivity index (χ1) is 30.8. The van der Waals surface area contributed by atoms with Crippen LogP contribution in [0.1, 0.15) is 180 Å². The Kier molecular flexibility index (Phi) is 58.0. The van der Waals surface area contributed by atoms with Crippen molar-refractivity contribution in [2.45, 2.75) is 254 Å². The average Bonchev–Trinajstić information content (AvgIpc) is 3.12. The van der Waals surface area contributed by atoms with E-state index in [4.69, 9.17) is 222 Å². The summed E-state index contributed by atoms with van der Waals surface area (Å²) in [6, 6.07) is -2.28. The second kappa shape index (κ2) is 48.1. The summed E-state index contributed by atoms with van der Waals surface area (Å²) in [5.41, 5.74) is 0. The van der Waals surface area contributed by atoms with E-state index in [2.05, 4.69) is 0 Å². The molecule has 0 N–H and O–H groups in total. The summed E-state index contributed by atoms with van der Waals surface area (Å²) in [5, 5.41) is 0. The molecule has 0 aliphatic carbocycles. The summed E-state index contributed by atoms with van der Waals surface area (Å²) < 4.78 is 0. The van der Waals surface area contributed by atoms with E-state index in [1.807, 2.05) is 26.2 Å². The lowest BCUT2D eigenvalue weighted by Gasteiger charge is -2.09. The van der Waals surface area contributed by atoms with Gasteiger partial charge in [0.1, 0.15) is 0 Å². The van der Waals surface area contributed by atoms with E-state index < -0.39 is 50.8 Å². The quantitative estimate of drug-likeness (QED) is 0.0326. The zero-order valence-electron chi connectivity index (χ0n) is 41.0. The maximum atomic E-state index is 6.04. The van der Waals surface area contributed by atoms with Gasteiger partial charge in [0, 0.05) is 0 Å². The van der Waals surface area contributed by atoms with Gasteiger partial charge in [0.25, 0.3) is 0 Å². The highest BCUT2D eigenvalue weighted by molar-refractivity contribution is 7.66. The van der Waals surface area contributed by atoms with Gasteiger partial charge in [-0.3, -0.25) is 0 Å². The molecule has 0 atom stereocenters. The Labute approximate surface area is 519 Å². The molecule has 0 fully saturated rings. The molecule has 0 amide bonds. The molecule has 0 aromatic carbocycles. The molecule has 0 unspecified atom stereocenters. The van der Waals surface area contributed by atoms with Crippen molar-refractivity contribution in [3.63, 3.8) is 0 Å². The van der Waals surface area contributed by atoms with Crippen LogP contribution in [-0.4, -0.2) is 50.8 Å². The minimum atomic E-state index is -2.37. The Bertz CT molecular complexity index is 920. The monoisotopic (exact) mass is 1490 g/mol. The molecule has 68 heavy (non-hydrogen) atoms. The van der Waals surface area contributed by atoms with Crippen LogP contribution >= 0.6 is 222 Å². The lowest BCUT2D eigenvalue weighted by Crippen LogP contribution is -2.11. The molecule has 0 saturated heterocycles. The SMILES string of the molecule is C[Si](Cl)(Cl)CCCCCCCCCC[Si](Cl)(Cl)Cl.C[Si](Cl)(Cl)CCCCCCCCCC[Si](Cl)(Cl)Cl.C[Si](Cl)(Cl)CCCCCCCC[Si](Cl)(Cl)Cl.C[Si](Cl)(Cl)CCCCCCCC[Si](Cl)(Cl)Cl. The highest BCUT2D eigenvalue weighted by atomic mass is 35.9. The van der Waals surface area contributed by atoms with E-state index in [-0.39, 0.29) is 0 Å². The van der Waals surface area contributed by atoms with Gasteiger partial charge < -0.3 is 0 Å². The van der Waals surface area contributed by atoms with Crippen LogP contribution in [0, 0.1) is 0 Å². The fourth-order valence-corrected chi connectivity index (χ4v) is 20.7. The van der Waals surface area contributed by atoms with E-state index in [0.29, 0.717) is 0 Å². The lowest BCUT2D eigenvalue weighted by molar-refractivity contribution is 0.584. The third-order valence-corrected chi connectivity index (χ3v) is 30.3. The molecule has 0 heterocycles. The minimum absolute atomic E-state index is 0.784. The van der Waals surface area contributed by atoms with Crippen molar-refractivity contribution in [1.82, 2.24) is 0 Å². The van der Waals surface area contributed by atoms with Gasteiger partial charge in [-0.2, -0.15) is 0 Å². The van der Waals surface area contributed by atoms with Crippen molar-refractivity contribution in [3.05, 3.63) is 0 Å². The largest absolute Gasteiger partial charge is 0.341 e. The highest BCUT2D eigenvalue weighted by Gasteiger charge is 2.26. The van der Waals surface area contributed by atoms with Crippen molar-refractivity contribution in [3.8, 4) is 0 Å². The van der Waals surface area contributed by atoms with Gasteiger partial charge in [0.15, 0.2) is 0 Å². The molecule has 0 spiro atoms. The van der Waals surface area contributed by atoms with Crippen molar-refractivity contribution in [2.24, 2.45) is 0 Å². The summed E-state index contributed by atoms with van der Waals surface area (Å²) in [7, 11) is 0. The Morgan fingerprint density at radius 1 is 0.147 bits per heavy atom. The van der Waals surface area contributed by atoms with Crippen LogP contribution in [0.5, 0.6) is 0 Å². The average molecular weight is 1500 g/mol. The van der Waals surface area contributed by atoms with Gasteiger partial charge in [0.2, 0.25) is 26.8 Å². The van der Waals surface area contributed by atoms with E-state index in [0.717, 1.165) is 99.7 Å². The van der Waals surface area contributed by atoms with Crippen LogP contribution in [0.2, 0.25) is 74.5 Å². The second-order valence-corrected chi connectivity index (χ2v) is 88.7. The Morgan fingerprint density at radius 3 is 0.324 bits per heavy atom. The molecular weight excluding hydrogens is 1410 g/mol. The van der Waals surface area contributed by atoms with Gasteiger partial charge in [-0.05, 0) is 74.5 Å². The molecule has 0 radical (unpaired) electrons. The first kappa shape index (κ1) is 82.0. The fraction of sp³-hybridized carbons (Fsp3) is 1.00. The summed E-state index contributed by atoms with van der Waals surface area (Å²) in [5.74, 6) is 0. The van der Waals surface area contributed by atoms with E-state index in [9.17, 15) is 0 Å². The fourth-order valence-electron chi connectivity index (χ4n) is 6.58. The first-order valence-corrected chi connectivity index (χ1v) is 64.5. The normalized spacial score (nSPS) is 13.1. The second-order valence-electron chi connectivity index (χ2n) is 18.6. The molecule has 416 valence electrons. The van der Waals surface area contributed by atoms with E-state index in [1.54, 1.807) is 0 Å². The summed E-state index contributed by atoms with van der Waals surface area (Å²) >= 11 is 118. The topological polar surface area (TPSA) is 0 Å². The van der Waals surface area contributed by atoms with Gasteiger partial charge in [-0.1, -0.05) is 180 Å². The summed E-state index contributed by atoms with van der Waals surface area (Å²) in [4.78, 5) is 0. The predicted molar refractivity (Wildman–Crippen MR) is 354 cm³/mol. The van der Waals surface area contributed by atoms with E-state index in [1.165, 1.54) is 128 Å². The smallest absolute Gasteiger partial charge is 0.146 e. The van der Waals surface area contributed by atoms with Gasteiger partial charge >= 0.3 is 24.0 Å². The lowest BCUT2D eigenvalue weighted by atomic mass is 10.1. The number of hydrogen-bond acceptors (Lipinski definition) is 0. The van der Waals surface area contributed by atoms with Crippen LogP contribution in [0.4, 0.5) is 0 Å². The van der Waals surface area contributed by atoms with Gasteiger partial charge in [-0.15, -0.1) is 222 Å². The third-order valence-electron chi connectivity index (χ3n) is 10.3. The first-order valence-electron chi connectivity index (χ1n) is 24.6. The maximum absolute atomic E-state index is 6.04. The van der Waals surface area contributed by atoms with Crippen LogP contribution in [0.3, 0.4) is 0 Å². The van der Waals surface area contributed by atoms with Crippen LogP contribution < -0.4 is 0 Å². The maximum Gasteiger partial charge on any atom is 0.341 e. The van der Waals surface area contributed by atoms with Crippen LogP contribution in [0.25, 0.3) is 0 Å². The van der Waals surface area contributed by atoms with Crippen LogP contribution in [0.15, 0.2) is 0 Å². The molecule has 0 bridgehead atoms. The minimum Gasteiger partial charge on any atom is -0.146 e. The molecule has 0 aliphatic rings. The van der Waals surface area contributed by atoms with Crippen molar-refractivity contribution in [2.75, 3.05) is 0 Å². The number of halogens is 20. The zero-order chi connectivity index (χ0) is 53.5. The molecule has 0 aromatic heterocycles. The van der Waals surface area contributed by atoms with E-state index >= 15 is 0 Å². The molecule has 0 saturated carbocycles. The van der Waals surface area contributed by atoms with Crippen molar-refractivity contribution >= 4 is 272 Å². The summed E-state index contributed by atoms with van der Waals surface area (Å²) in [6.45, 7) is 0.508. The highest BCUT2D eigenvalue weighted by Crippen LogP contribution is 2.32. The number of hydrogen-bond donors (Lipinski definition) is 0. The summed E-state index contributed by atoms with van der Waals surface area (Å²) in [6.07, 6.45) is 33.7. The zero-order valence-corrected chi connectivity index (χ0v) is 64.1.